The maximum atomic E-state index is 11.9. The number of aliphatic hydroxyl groups is 1. The lowest BCUT2D eigenvalue weighted by Gasteiger charge is -2.48. The molecule has 158 valence electrons. The van der Waals surface area contributed by atoms with E-state index in [0.717, 1.165) is 37.0 Å². The molecule has 6 heteroatoms. The molecule has 0 bridgehead atoms. The number of rotatable bonds is 9. The van der Waals surface area contributed by atoms with Gasteiger partial charge in [-0.3, -0.25) is 4.79 Å². The van der Waals surface area contributed by atoms with Gasteiger partial charge in [0, 0.05) is 38.1 Å². The molecule has 3 rings (SSSR count). The van der Waals surface area contributed by atoms with Gasteiger partial charge >= 0.3 is 0 Å². The summed E-state index contributed by atoms with van der Waals surface area (Å²) in [5, 5.41) is 17.0. The number of fused-ring (bicyclic) bond motifs is 1. The quantitative estimate of drug-likeness (QED) is 0.553. The summed E-state index contributed by atoms with van der Waals surface area (Å²) in [6.07, 6.45) is 10.1. The Morgan fingerprint density at radius 1 is 1.48 bits per heavy atom. The van der Waals surface area contributed by atoms with Crippen LogP contribution >= 0.6 is 0 Å². The molecule has 1 aliphatic heterocycles. The molecule has 2 aliphatic rings. The van der Waals surface area contributed by atoms with Gasteiger partial charge in [-0.1, -0.05) is 19.1 Å². The lowest BCUT2D eigenvalue weighted by molar-refractivity contribution is -0.126. The zero-order valence-corrected chi connectivity index (χ0v) is 17.4. The van der Waals surface area contributed by atoms with Crippen molar-refractivity contribution >= 4 is 5.91 Å². The van der Waals surface area contributed by atoms with Crippen molar-refractivity contribution in [1.82, 2.24) is 10.6 Å². The molecule has 1 saturated carbocycles. The molecular formula is C23H32N2O4. The van der Waals surface area contributed by atoms with Crippen molar-refractivity contribution in [2.24, 2.45) is 0 Å². The first kappa shape index (κ1) is 21.6. The predicted octanol–water partition coefficient (Wildman–Crippen LogP) is 2.10. The zero-order chi connectivity index (χ0) is 20.9. The zero-order valence-electron chi connectivity index (χ0n) is 17.4. The topological polar surface area (TPSA) is 79.8 Å². The number of carbonyl (C=O) groups is 1. The second-order valence-corrected chi connectivity index (χ2v) is 8.11. The first-order chi connectivity index (χ1) is 14.0. The highest BCUT2D eigenvalue weighted by molar-refractivity contribution is 5.77. The molecule has 1 aliphatic carbocycles. The largest absolute Gasteiger partial charge is 0.487 e. The number of terminal acetylenes is 1. The summed E-state index contributed by atoms with van der Waals surface area (Å²) >= 11 is 0. The summed E-state index contributed by atoms with van der Waals surface area (Å²) in [7, 11) is 1.46. The van der Waals surface area contributed by atoms with Crippen LogP contribution in [0.2, 0.25) is 0 Å². The molecule has 1 fully saturated rings. The number of methoxy groups -OCH3 is 1. The van der Waals surface area contributed by atoms with Crippen molar-refractivity contribution in [3.8, 4) is 18.1 Å². The second-order valence-electron chi connectivity index (χ2n) is 8.11. The van der Waals surface area contributed by atoms with Gasteiger partial charge in [0.2, 0.25) is 5.91 Å². The SMILES string of the molecule is C#CC[C@H](NC(=O)COC)[C@H](O)CN[C@H]1CC2(CCC2)Oc2ccc(CC)cc21. The van der Waals surface area contributed by atoms with Crippen molar-refractivity contribution in [2.75, 3.05) is 20.3 Å². The number of hydrogen-bond donors (Lipinski definition) is 3. The van der Waals surface area contributed by atoms with Crippen molar-refractivity contribution in [1.29, 1.82) is 0 Å². The standard InChI is InChI=1S/C23H32N2O4/c1-4-7-18(25-22(27)15-28-3)20(26)14-24-19-13-23(10-6-11-23)29-21-9-8-16(5-2)12-17(19)21/h1,8-9,12,18-20,24,26H,5-7,10-11,13-15H2,2-3H3,(H,25,27)/t18-,19-,20+/m0/s1. The summed E-state index contributed by atoms with van der Waals surface area (Å²) in [5.41, 5.74) is 2.32. The molecule has 0 aromatic heterocycles. The fourth-order valence-electron chi connectivity index (χ4n) is 4.19. The summed E-state index contributed by atoms with van der Waals surface area (Å²) in [5.74, 6) is 3.18. The van der Waals surface area contributed by atoms with Crippen LogP contribution in [0, 0.1) is 12.3 Å². The predicted molar refractivity (Wildman–Crippen MR) is 112 cm³/mol. The van der Waals surface area contributed by atoms with E-state index in [9.17, 15) is 9.90 Å². The molecule has 1 spiro atoms. The molecule has 1 aromatic carbocycles. The highest BCUT2D eigenvalue weighted by atomic mass is 16.5. The molecule has 0 unspecified atom stereocenters. The van der Waals surface area contributed by atoms with Crippen LogP contribution in [-0.4, -0.2) is 49.0 Å². The van der Waals surface area contributed by atoms with E-state index in [2.05, 4.69) is 41.7 Å². The van der Waals surface area contributed by atoms with E-state index >= 15 is 0 Å². The van der Waals surface area contributed by atoms with Crippen LogP contribution in [0.4, 0.5) is 0 Å². The van der Waals surface area contributed by atoms with Crippen LogP contribution < -0.4 is 15.4 Å². The van der Waals surface area contributed by atoms with E-state index in [1.54, 1.807) is 0 Å². The average molecular weight is 401 g/mol. The van der Waals surface area contributed by atoms with E-state index in [4.69, 9.17) is 15.9 Å². The van der Waals surface area contributed by atoms with Gasteiger partial charge in [0.05, 0.1) is 12.1 Å². The van der Waals surface area contributed by atoms with Crippen LogP contribution in [-0.2, 0) is 16.0 Å². The van der Waals surface area contributed by atoms with Gasteiger partial charge in [0.1, 0.15) is 18.0 Å². The molecule has 29 heavy (non-hydrogen) atoms. The minimum absolute atomic E-state index is 0.0587. The Kier molecular flexibility index (Phi) is 7.18. The molecule has 1 heterocycles. The molecule has 1 amide bonds. The van der Waals surface area contributed by atoms with Crippen molar-refractivity contribution in [2.45, 2.75) is 69.2 Å². The molecule has 0 radical (unpaired) electrons. The lowest BCUT2D eigenvalue weighted by atomic mass is 9.72. The highest BCUT2D eigenvalue weighted by Gasteiger charge is 2.45. The summed E-state index contributed by atoms with van der Waals surface area (Å²) < 4.78 is 11.2. The number of aliphatic hydroxyl groups excluding tert-OH is 1. The van der Waals surface area contributed by atoms with Crippen LogP contribution in [0.5, 0.6) is 5.75 Å². The Hall–Kier alpha value is -2.07. The number of ether oxygens (including phenoxy) is 2. The molecule has 0 saturated heterocycles. The summed E-state index contributed by atoms with van der Waals surface area (Å²) in [6.45, 7) is 2.41. The molecular weight excluding hydrogens is 368 g/mol. The van der Waals surface area contributed by atoms with Crippen molar-refractivity contribution in [3.63, 3.8) is 0 Å². The number of amides is 1. The van der Waals surface area contributed by atoms with Crippen molar-refractivity contribution < 1.29 is 19.4 Å². The molecule has 6 nitrogen and oxygen atoms in total. The minimum Gasteiger partial charge on any atom is -0.487 e. The van der Waals surface area contributed by atoms with Crippen LogP contribution in [0.3, 0.4) is 0 Å². The van der Waals surface area contributed by atoms with E-state index in [0.29, 0.717) is 6.54 Å². The summed E-state index contributed by atoms with van der Waals surface area (Å²) in [6, 6.07) is 5.97. The van der Waals surface area contributed by atoms with Gasteiger partial charge < -0.3 is 25.2 Å². The van der Waals surface area contributed by atoms with Gasteiger partial charge in [-0.15, -0.1) is 12.3 Å². The first-order valence-corrected chi connectivity index (χ1v) is 10.5. The van der Waals surface area contributed by atoms with E-state index < -0.39 is 12.1 Å². The third-order valence-electron chi connectivity index (χ3n) is 6.02. The number of aryl methyl sites for hydroxylation is 1. The Morgan fingerprint density at radius 3 is 2.90 bits per heavy atom. The van der Waals surface area contributed by atoms with Gasteiger partial charge in [-0.2, -0.15) is 0 Å². The Balaban J connectivity index is 1.69. The van der Waals surface area contributed by atoms with Crippen LogP contribution in [0.1, 0.15) is 56.2 Å². The number of hydrogen-bond acceptors (Lipinski definition) is 5. The third-order valence-corrected chi connectivity index (χ3v) is 6.02. The van der Waals surface area contributed by atoms with Crippen molar-refractivity contribution in [3.05, 3.63) is 29.3 Å². The Bertz CT molecular complexity index is 754. The van der Waals surface area contributed by atoms with E-state index in [1.165, 1.54) is 19.1 Å². The molecule has 3 atom stereocenters. The van der Waals surface area contributed by atoms with Gasteiger partial charge in [-0.05, 0) is 37.3 Å². The lowest BCUT2D eigenvalue weighted by Crippen LogP contribution is -2.52. The van der Waals surface area contributed by atoms with Crippen LogP contribution in [0.25, 0.3) is 0 Å². The number of benzene rings is 1. The smallest absolute Gasteiger partial charge is 0.246 e. The average Bonchev–Trinajstić information content (AvgIpc) is 2.69. The number of carbonyl (C=O) groups excluding carboxylic acids is 1. The maximum absolute atomic E-state index is 11.9. The Morgan fingerprint density at radius 2 is 2.28 bits per heavy atom. The van der Waals surface area contributed by atoms with E-state index in [1.807, 2.05) is 0 Å². The minimum atomic E-state index is -0.801. The number of nitrogens with one attached hydrogen (secondary N) is 2. The summed E-state index contributed by atoms with van der Waals surface area (Å²) in [4.78, 5) is 11.9. The maximum Gasteiger partial charge on any atom is 0.246 e. The van der Waals surface area contributed by atoms with Gasteiger partial charge in [0.15, 0.2) is 0 Å². The molecule has 1 aromatic rings. The first-order valence-electron chi connectivity index (χ1n) is 10.5. The monoisotopic (exact) mass is 400 g/mol. The Labute approximate surface area is 173 Å². The second kappa shape index (κ2) is 9.62. The fourth-order valence-corrected chi connectivity index (χ4v) is 4.19. The highest BCUT2D eigenvalue weighted by Crippen LogP contribution is 2.49. The normalized spacial score (nSPS) is 21.2. The van der Waals surface area contributed by atoms with Crippen LogP contribution in [0.15, 0.2) is 18.2 Å². The fraction of sp³-hybridized carbons (Fsp3) is 0.609. The van der Waals surface area contributed by atoms with Gasteiger partial charge in [0.25, 0.3) is 0 Å². The van der Waals surface area contributed by atoms with Gasteiger partial charge in [-0.25, -0.2) is 0 Å². The molecule has 3 N–H and O–H groups in total. The van der Waals surface area contributed by atoms with E-state index in [-0.39, 0.29) is 30.6 Å². The third kappa shape index (κ3) is 5.11.